The average molecular weight is 244 g/mol. The molecule has 1 aromatic rings. The molecule has 1 saturated heterocycles. The van der Waals surface area contributed by atoms with Gasteiger partial charge in [0.25, 0.3) is 0 Å². The van der Waals surface area contributed by atoms with E-state index in [1.54, 1.807) is 0 Å². The molecule has 0 radical (unpaired) electrons. The zero-order valence-electron chi connectivity index (χ0n) is 11.6. The summed E-state index contributed by atoms with van der Waals surface area (Å²) in [6.45, 7) is 9.18. The van der Waals surface area contributed by atoms with Crippen molar-refractivity contribution in [3.8, 4) is 6.07 Å². The summed E-state index contributed by atoms with van der Waals surface area (Å²) in [5, 5.41) is 8.82. The number of rotatable bonds is 2. The van der Waals surface area contributed by atoms with Crippen molar-refractivity contribution in [2.24, 2.45) is 0 Å². The lowest BCUT2D eigenvalue weighted by atomic mass is 10.1. The molecule has 1 aliphatic rings. The Morgan fingerprint density at radius 2 is 2.06 bits per heavy atom. The van der Waals surface area contributed by atoms with Crippen LogP contribution in [-0.2, 0) is 0 Å². The van der Waals surface area contributed by atoms with Crippen LogP contribution in [0.25, 0.3) is 0 Å². The number of piperazine rings is 1. The smallest absolute Gasteiger partial charge is 0.104 e. The van der Waals surface area contributed by atoms with Crippen LogP contribution in [0.5, 0.6) is 0 Å². The molecule has 2 rings (SSSR count). The van der Waals surface area contributed by atoms with Gasteiger partial charge in [0, 0.05) is 5.69 Å². The van der Waals surface area contributed by atoms with Crippen LogP contribution < -0.4 is 4.90 Å². The quantitative estimate of drug-likeness (QED) is 0.746. The summed E-state index contributed by atoms with van der Waals surface area (Å²) in [5.41, 5.74) is 1.97. The van der Waals surface area contributed by atoms with Crippen LogP contribution in [0.15, 0.2) is 24.3 Å². The van der Waals surface area contributed by atoms with Gasteiger partial charge in [-0.2, -0.15) is 5.26 Å². The second kappa shape index (κ2) is 4.99. The van der Waals surface area contributed by atoms with Crippen LogP contribution in [0, 0.1) is 11.3 Å². The molecule has 1 aliphatic heterocycles. The van der Waals surface area contributed by atoms with E-state index in [1.807, 2.05) is 12.1 Å². The number of quaternary nitrogens is 1. The maximum absolute atomic E-state index is 8.82. The molecule has 2 atom stereocenters. The van der Waals surface area contributed by atoms with Crippen molar-refractivity contribution in [3.63, 3.8) is 0 Å². The van der Waals surface area contributed by atoms with Crippen LogP contribution in [0.3, 0.4) is 0 Å². The number of hydrogen-bond acceptors (Lipinski definition) is 2. The lowest BCUT2D eigenvalue weighted by Gasteiger charge is -2.47. The van der Waals surface area contributed by atoms with Crippen LogP contribution in [0.2, 0.25) is 0 Å². The fourth-order valence-electron chi connectivity index (χ4n) is 2.63. The summed E-state index contributed by atoms with van der Waals surface area (Å²) in [4.78, 5) is 2.43. The molecule has 1 heterocycles. The Bertz CT molecular complexity index is 446. The molecule has 18 heavy (non-hydrogen) atoms. The van der Waals surface area contributed by atoms with Gasteiger partial charge in [0.15, 0.2) is 0 Å². The monoisotopic (exact) mass is 244 g/mol. The summed E-state index contributed by atoms with van der Waals surface area (Å²) in [7, 11) is 2.35. The van der Waals surface area contributed by atoms with E-state index >= 15 is 0 Å². The zero-order valence-corrected chi connectivity index (χ0v) is 11.6. The molecular formula is C15H22N3+. The summed E-state index contributed by atoms with van der Waals surface area (Å²) in [5.74, 6) is 0. The van der Waals surface area contributed by atoms with Crippen molar-refractivity contribution in [2.45, 2.75) is 19.9 Å². The molecule has 0 bridgehead atoms. The minimum absolute atomic E-state index is 0.652. The molecule has 1 aromatic carbocycles. The van der Waals surface area contributed by atoms with Crippen molar-refractivity contribution in [1.29, 1.82) is 5.26 Å². The van der Waals surface area contributed by atoms with E-state index in [0.717, 1.165) is 23.1 Å². The first kappa shape index (κ1) is 12.9. The summed E-state index contributed by atoms with van der Waals surface area (Å²) in [6.07, 6.45) is 0. The Kier molecular flexibility index (Phi) is 3.58. The van der Waals surface area contributed by atoms with Gasteiger partial charge >= 0.3 is 0 Å². The highest BCUT2D eigenvalue weighted by molar-refractivity contribution is 5.50. The predicted molar refractivity (Wildman–Crippen MR) is 74.4 cm³/mol. The highest BCUT2D eigenvalue weighted by atomic mass is 15.4. The van der Waals surface area contributed by atoms with Gasteiger partial charge in [0.2, 0.25) is 0 Å². The Morgan fingerprint density at radius 3 is 2.56 bits per heavy atom. The van der Waals surface area contributed by atoms with Gasteiger partial charge in [-0.25, -0.2) is 0 Å². The number of benzene rings is 1. The topological polar surface area (TPSA) is 27.0 Å². The van der Waals surface area contributed by atoms with Gasteiger partial charge in [-0.1, -0.05) is 0 Å². The standard InChI is InChI=1S/C15H22N3/c1-4-18(3)10-9-17(12-13(18)2)15-7-5-14(11-16)6-8-15/h5-8,13H,4,9-10,12H2,1-3H3/q+1. The number of nitriles is 1. The molecule has 3 nitrogen and oxygen atoms in total. The second-order valence-electron chi connectivity index (χ2n) is 5.47. The zero-order chi connectivity index (χ0) is 13.2. The third-order valence-electron chi connectivity index (χ3n) is 4.51. The second-order valence-corrected chi connectivity index (χ2v) is 5.47. The lowest BCUT2D eigenvalue weighted by Crippen LogP contribution is -2.62. The summed E-state index contributed by atoms with van der Waals surface area (Å²) in [6, 6.07) is 10.8. The van der Waals surface area contributed by atoms with Gasteiger partial charge < -0.3 is 9.38 Å². The van der Waals surface area contributed by atoms with Crippen LogP contribution in [-0.4, -0.2) is 43.8 Å². The molecular weight excluding hydrogens is 222 g/mol. The molecule has 0 N–H and O–H groups in total. The normalized spacial score (nSPS) is 27.9. The molecule has 2 unspecified atom stereocenters. The van der Waals surface area contributed by atoms with E-state index in [-0.39, 0.29) is 0 Å². The largest absolute Gasteiger partial charge is 0.360 e. The molecule has 0 aliphatic carbocycles. The lowest BCUT2D eigenvalue weighted by molar-refractivity contribution is -0.930. The Balaban J connectivity index is 2.10. The minimum atomic E-state index is 0.652. The van der Waals surface area contributed by atoms with Gasteiger partial charge in [-0.3, -0.25) is 0 Å². The van der Waals surface area contributed by atoms with Gasteiger partial charge in [-0.15, -0.1) is 0 Å². The third-order valence-corrected chi connectivity index (χ3v) is 4.51. The molecule has 0 saturated carbocycles. The molecule has 1 fully saturated rings. The highest BCUT2D eigenvalue weighted by Crippen LogP contribution is 2.23. The maximum atomic E-state index is 8.82. The SMILES string of the molecule is CC[N+]1(C)CCN(c2ccc(C#N)cc2)CC1C. The predicted octanol–water partition coefficient (Wildman–Crippen LogP) is 2.23. The minimum Gasteiger partial charge on any atom is -0.360 e. The number of hydrogen-bond donors (Lipinski definition) is 0. The number of likely N-dealkylation sites (N-methyl/N-ethyl adjacent to an activating group) is 1. The van der Waals surface area contributed by atoms with Crippen LogP contribution in [0.4, 0.5) is 5.69 Å². The van der Waals surface area contributed by atoms with E-state index in [0.29, 0.717) is 6.04 Å². The van der Waals surface area contributed by atoms with Crippen molar-refractivity contribution in [2.75, 3.05) is 38.1 Å². The molecule has 96 valence electrons. The van der Waals surface area contributed by atoms with Gasteiger partial charge in [0.05, 0.1) is 44.9 Å². The van der Waals surface area contributed by atoms with E-state index in [4.69, 9.17) is 5.26 Å². The average Bonchev–Trinajstić information content (AvgIpc) is 2.42. The van der Waals surface area contributed by atoms with Crippen molar-refractivity contribution in [3.05, 3.63) is 29.8 Å². The van der Waals surface area contributed by atoms with E-state index in [9.17, 15) is 0 Å². The Morgan fingerprint density at radius 1 is 1.39 bits per heavy atom. The first-order valence-corrected chi connectivity index (χ1v) is 6.68. The van der Waals surface area contributed by atoms with E-state index in [1.165, 1.54) is 18.8 Å². The third kappa shape index (κ3) is 2.34. The fraction of sp³-hybridized carbons (Fsp3) is 0.533. The highest BCUT2D eigenvalue weighted by Gasteiger charge is 2.33. The maximum Gasteiger partial charge on any atom is 0.104 e. The van der Waals surface area contributed by atoms with Gasteiger partial charge in [0.1, 0.15) is 6.04 Å². The molecule has 3 heteroatoms. The summed E-state index contributed by atoms with van der Waals surface area (Å²) < 4.78 is 1.16. The summed E-state index contributed by atoms with van der Waals surface area (Å²) >= 11 is 0. The number of anilines is 1. The molecule has 0 spiro atoms. The van der Waals surface area contributed by atoms with Gasteiger partial charge in [-0.05, 0) is 38.1 Å². The van der Waals surface area contributed by atoms with E-state index < -0.39 is 0 Å². The fourth-order valence-corrected chi connectivity index (χ4v) is 2.63. The Hall–Kier alpha value is -1.53. The molecule has 0 aromatic heterocycles. The Labute approximate surface area is 110 Å². The first-order chi connectivity index (χ1) is 8.59. The van der Waals surface area contributed by atoms with Crippen molar-refractivity contribution < 1.29 is 4.48 Å². The first-order valence-electron chi connectivity index (χ1n) is 6.68. The van der Waals surface area contributed by atoms with Crippen molar-refractivity contribution >= 4 is 5.69 Å². The van der Waals surface area contributed by atoms with E-state index in [2.05, 4.69) is 44.0 Å². The van der Waals surface area contributed by atoms with Crippen LogP contribution in [0.1, 0.15) is 19.4 Å². The number of nitrogens with zero attached hydrogens (tertiary/aromatic N) is 3. The van der Waals surface area contributed by atoms with Crippen LogP contribution >= 0.6 is 0 Å². The molecule has 0 amide bonds. The van der Waals surface area contributed by atoms with Crippen molar-refractivity contribution in [1.82, 2.24) is 0 Å².